The molecule has 0 atom stereocenters. The normalized spacial score (nSPS) is 13.8. The number of aryl methyl sites for hydroxylation is 3. The van der Waals surface area contributed by atoms with Gasteiger partial charge in [0.2, 0.25) is 5.91 Å². The number of aromatic nitrogens is 4. The Hall–Kier alpha value is -4.31. The summed E-state index contributed by atoms with van der Waals surface area (Å²) in [6.07, 6.45) is 0.950. The van der Waals surface area contributed by atoms with Gasteiger partial charge >= 0.3 is 0 Å². The number of hydrogen-bond acceptors (Lipinski definition) is 6. The van der Waals surface area contributed by atoms with E-state index < -0.39 is 0 Å². The van der Waals surface area contributed by atoms with E-state index in [0.29, 0.717) is 59.5 Å². The lowest BCUT2D eigenvalue weighted by molar-refractivity contribution is -0.130. The molecule has 6 rings (SSSR count). The zero-order valence-corrected chi connectivity index (χ0v) is 24.1. The van der Waals surface area contributed by atoms with Crippen LogP contribution in [0.3, 0.4) is 0 Å². The number of piperazine rings is 1. The molecule has 5 aromatic rings. The Morgan fingerprint density at radius 3 is 2.44 bits per heavy atom. The molecule has 1 fully saturated rings. The molecule has 2 aromatic carbocycles. The van der Waals surface area contributed by atoms with Gasteiger partial charge in [-0.15, -0.1) is 11.3 Å². The van der Waals surface area contributed by atoms with E-state index in [-0.39, 0.29) is 23.7 Å². The molecular formula is C31H31FN6O2S. The number of para-hydroxylation sites is 2. The molecule has 1 saturated heterocycles. The van der Waals surface area contributed by atoms with Crippen LogP contribution in [0.25, 0.3) is 21.9 Å². The topological polar surface area (TPSA) is 75.7 Å². The molecule has 1 aliphatic rings. The van der Waals surface area contributed by atoms with Crippen LogP contribution < -0.4 is 10.5 Å². The van der Waals surface area contributed by atoms with Gasteiger partial charge in [-0.3, -0.25) is 14.0 Å². The van der Waals surface area contributed by atoms with E-state index in [4.69, 9.17) is 10.1 Å². The molecule has 0 N–H and O–H groups in total. The van der Waals surface area contributed by atoms with Gasteiger partial charge in [-0.2, -0.15) is 5.10 Å². The second-order valence-electron chi connectivity index (χ2n) is 10.3. The van der Waals surface area contributed by atoms with Crippen LogP contribution in [0.5, 0.6) is 0 Å². The van der Waals surface area contributed by atoms with Crippen LogP contribution in [-0.2, 0) is 17.6 Å². The number of carbonyl (C=O) groups excluding carboxylic acids is 1. The average Bonchev–Trinajstić information content (AvgIpc) is 3.56. The molecule has 3 aromatic heterocycles. The number of nitrogens with zero attached hydrogens (tertiary/aromatic N) is 6. The molecule has 0 radical (unpaired) electrons. The summed E-state index contributed by atoms with van der Waals surface area (Å²) in [5, 5.41) is 6.67. The van der Waals surface area contributed by atoms with Gasteiger partial charge in [0.15, 0.2) is 4.96 Å². The zero-order chi connectivity index (χ0) is 28.7. The lowest BCUT2D eigenvalue weighted by Crippen LogP contribution is -2.49. The summed E-state index contributed by atoms with van der Waals surface area (Å²) in [5.41, 5.74) is 5.61. The first-order valence-corrected chi connectivity index (χ1v) is 14.7. The molecule has 0 spiro atoms. The predicted molar refractivity (Wildman–Crippen MR) is 160 cm³/mol. The first-order chi connectivity index (χ1) is 19.9. The SMILES string of the molecule is CCc1ccccc1-n1nc(-c2c(C)nc3scc(CC(=O)N4CCN(c5ccccc5F)CC4)n3c2=O)cc1C. The number of benzene rings is 2. The third-order valence-corrected chi connectivity index (χ3v) is 8.60. The van der Waals surface area contributed by atoms with Crippen molar-refractivity contribution in [3.63, 3.8) is 0 Å². The summed E-state index contributed by atoms with van der Waals surface area (Å²) < 4.78 is 17.7. The van der Waals surface area contributed by atoms with E-state index in [1.165, 1.54) is 23.0 Å². The second-order valence-corrected chi connectivity index (χ2v) is 11.1. The molecule has 41 heavy (non-hydrogen) atoms. The molecule has 10 heteroatoms. The molecule has 210 valence electrons. The molecule has 0 unspecified atom stereocenters. The summed E-state index contributed by atoms with van der Waals surface area (Å²) in [5.74, 6) is -0.326. The first-order valence-electron chi connectivity index (χ1n) is 13.8. The summed E-state index contributed by atoms with van der Waals surface area (Å²) in [6, 6.07) is 16.7. The quantitative estimate of drug-likeness (QED) is 0.293. The smallest absolute Gasteiger partial charge is 0.268 e. The van der Waals surface area contributed by atoms with Crippen molar-refractivity contribution < 1.29 is 9.18 Å². The van der Waals surface area contributed by atoms with Crippen LogP contribution in [0.2, 0.25) is 0 Å². The summed E-state index contributed by atoms with van der Waals surface area (Å²) in [4.78, 5) is 36.2. The van der Waals surface area contributed by atoms with Gasteiger partial charge in [-0.25, -0.2) is 14.1 Å². The van der Waals surface area contributed by atoms with E-state index in [1.807, 2.05) is 59.1 Å². The van der Waals surface area contributed by atoms with Crippen LogP contribution in [0, 0.1) is 19.7 Å². The number of anilines is 1. The fourth-order valence-corrected chi connectivity index (χ4v) is 6.48. The van der Waals surface area contributed by atoms with Gasteiger partial charge in [-0.05, 0) is 50.1 Å². The van der Waals surface area contributed by atoms with Crippen molar-refractivity contribution in [1.82, 2.24) is 24.1 Å². The van der Waals surface area contributed by atoms with E-state index in [2.05, 4.69) is 13.0 Å². The van der Waals surface area contributed by atoms with Gasteiger partial charge in [0.25, 0.3) is 5.56 Å². The Balaban J connectivity index is 1.27. The van der Waals surface area contributed by atoms with Gasteiger partial charge in [0.05, 0.1) is 29.1 Å². The minimum Gasteiger partial charge on any atom is -0.366 e. The van der Waals surface area contributed by atoms with E-state index in [0.717, 1.165) is 17.8 Å². The third-order valence-electron chi connectivity index (χ3n) is 7.72. The number of carbonyl (C=O) groups is 1. The Morgan fingerprint density at radius 1 is 1.00 bits per heavy atom. The highest BCUT2D eigenvalue weighted by molar-refractivity contribution is 7.15. The van der Waals surface area contributed by atoms with Crippen molar-refractivity contribution in [2.75, 3.05) is 31.1 Å². The Labute approximate surface area is 241 Å². The largest absolute Gasteiger partial charge is 0.366 e. The molecular weight excluding hydrogens is 539 g/mol. The standard InChI is InChI=1S/C31H31FN6O2S/c1-4-22-9-5-7-11-26(22)38-20(2)17-25(34-38)29-21(3)33-31-37(30(29)40)23(19-41-31)18-28(39)36-15-13-35(14-16-36)27-12-8-6-10-24(27)32/h5-12,17,19H,4,13-16,18H2,1-3H3. The van der Waals surface area contributed by atoms with Gasteiger partial charge in [0.1, 0.15) is 11.5 Å². The molecule has 4 heterocycles. The summed E-state index contributed by atoms with van der Waals surface area (Å²) >= 11 is 1.35. The van der Waals surface area contributed by atoms with E-state index in [9.17, 15) is 14.0 Å². The van der Waals surface area contributed by atoms with Crippen molar-refractivity contribution in [3.8, 4) is 16.9 Å². The molecule has 1 amide bonds. The van der Waals surface area contributed by atoms with Gasteiger partial charge in [-0.1, -0.05) is 37.3 Å². The third kappa shape index (κ3) is 4.93. The summed E-state index contributed by atoms with van der Waals surface area (Å²) in [7, 11) is 0. The number of rotatable bonds is 6. The van der Waals surface area contributed by atoms with E-state index >= 15 is 0 Å². The minimum atomic E-state index is -0.260. The monoisotopic (exact) mass is 570 g/mol. The summed E-state index contributed by atoms with van der Waals surface area (Å²) in [6.45, 7) is 7.98. The van der Waals surface area contributed by atoms with Crippen LogP contribution in [0.15, 0.2) is 64.8 Å². The lowest BCUT2D eigenvalue weighted by Gasteiger charge is -2.36. The first kappa shape index (κ1) is 26.9. The zero-order valence-electron chi connectivity index (χ0n) is 23.3. The molecule has 0 saturated carbocycles. The number of amides is 1. The van der Waals surface area contributed by atoms with E-state index in [1.54, 1.807) is 21.4 Å². The highest BCUT2D eigenvalue weighted by Gasteiger charge is 2.25. The Morgan fingerprint density at radius 2 is 1.71 bits per heavy atom. The van der Waals surface area contributed by atoms with Crippen LogP contribution >= 0.6 is 11.3 Å². The molecule has 0 aliphatic carbocycles. The highest BCUT2D eigenvalue weighted by Crippen LogP contribution is 2.25. The number of thiazole rings is 1. The van der Waals surface area contributed by atoms with Gasteiger partial charge in [0, 0.05) is 42.9 Å². The van der Waals surface area contributed by atoms with Crippen LogP contribution in [-0.4, -0.2) is 56.2 Å². The fourth-order valence-electron chi connectivity index (χ4n) is 5.55. The molecule has 1 aliphatic heterocycles. The van der Waals surface area contributed by atoms with Gasteiger partial charge < -0.3 is 9.80 Å². The minimum absolute atomic E-state index is 0.0665. The predicted octanol–water partition coefficient (Wildman–Crippen LogP) is 4.82. The van der Waals surface area contributed by atoms with Crippen molar-refractivity contribution in [2.24, 2.45) is 0 Å². The number of halogens is 1. The van der Waals surface area contributed by atoms with Crippen molar-refractivity contribution in [3.05, 3.63) is 98.8 Å². The maximum absolute atomic E-state index is 14.2. The molecule has 0 bridgehead atoms. The number of hydrogen-bond donors (Lipinski definition) is 0. The molecule has 8 nitrogen and oxygen atoms in total. The Kier molecular flexibility index (Phi) is 7.17. The van der Waals surface area contributed by atoms with Crippen molar-refractivity contribution in [2.45, 2.75) is 33.6 Å². The second kappa shape index (κ2) is 10.9. The number of fused-ring (bicyclic) bond motifs is 1. The Bertz CT molecular complexity index is 1820. The maximum atomic E-state index is 14.2. The average molecular weight is 571 g/mol. The maximum Gasteiger partial charge on any atom is 0.268 e. The van der Waals surface area contributed by atoms with Crippen molar-refractivity contribution in [1.29, 1.82) is 0 Å². The van der Waals surface area contributed by atoms with Crippen LogP contribution in [0.1, 0.15) is 29.6 Å². The lowest BCUT2D eigenvalue weighted by atomic mass is 10.1. The van der Waals surface area contributed by atoms with Crippen LogP contribution in [0.4, 0.5) is 10.1 Å². The fraction of sp³-hybridized carbons (Fsp3) is 0.290. The van der Waals surface area contributed by atoms with Crippen molar-refractivity contribution >= 4 is 27.9 Å². The highest BCUT2D eigenvalue weighted by atomic mass is 32.1.